The number of aryl methyl sites for hydroxylation is 1. The van der Waals surface area contributed by atoms with Gasteiger partial charge in [-0.3, -0.25) is 24.0 Å². The lowest BCUT2D eigenvalue weighted by Crippen LogP contribution is -2.42. The van der Waals surface area contributed by atoms with Crippen LogP contribution in [0.5, 0.6) is 0 Å². The molecule has 9 nitrogen and oxygen atoms in total. The molecule has 1 aromatic carbocycles. The molecule has 1 N–H and O–H groups in total. The van der Waals surface area contributed by atoms with E-state index in [1.165, 1.54) is 33.9 Å². The highest BCUT2D eigenvalue weighted by molar-refractivity contribution is 8.01. The molecule has 32 heavy (non-hydrogen) atoms. The van der Waals surface area contributed by atoms with Crippen molar-refractivity contribution in [1.82, 2.24) is 24.3 Å². The number of benzene rings is 1. The van der Waals surface area contributed by atoms with Crippen molar-refractivity contribution in [3.8, 4) is 0 Å². The SMILES string of the molecule is CCSc1nnc(NC(=O)Cn2c(=O)n(Cc3ccc(C)cc3)c(=O)c3ncccc32)s1. The number of nitrogens with one attached hydrogen (secondary N) is 1. The Morgan fingerprint density at radius 1 is 1.12 bits per heavy atom. The van der Waals surface area contributed by atoms with E-state index in [4.69, 9.17) is 0 Å². The van der Waals surface area contributed by atoms with Crippen LogP contribution in [0.15, 0.2) is 56.5 Å². The molecule has 0 saturated heterocycles. The van der Waals surface area contributed by atoms with Gasteiger partial charge in [-0.05, 0) is 30.4 Å². The Morgan fingerprint density at radius 3 is 2.66 bits per heavy atom. The highest BCUT2D eigenvalue weighted by Gasteiger charge is 2.17. The van der Waals surface area contributed by atoms with Crippen molar-refractivity contribution in [2.45, 2.75) is 31.3 Å². The van der Waals surface area contributed by atoms with E-state index in [-0.39, 0.29) is 18.6 Å². The van der Waals surface area contributed by atoms with Gasteiger partial charge in [0, 0.05) is 6.20 Å². The molecule has 3 aromatic heterocycles. The summed E-state index contributed by atoms with van der Waals surface area (Å²) in [6, 6.07) is 10.8. The van der Waals surface area contributed by atoms with Gasteiger partial charge in [0.25, 0.3) is 5.56 Å². The monoisotopic (exact) mass is 468 g/mol. The van der Waals surface area contributed by atoms with Crippen LogP contribution in [-0.2, 0) is 17.9 Å². The van der Waals surface area contributed by atoms with Crippen molar-refractivity contribution in [2.75, 3.05) is 11.1 Å². The quantitative estimate of drug-likeness (QED) is 0.328. The number of hydrogen-bond acceptors (Lipinski definition) is 8. The summed E-state index contributed by atoms with van der Waals surface area (Å²) in [5.41, 5.74) is 1.24. The third-order valence-electron chi connectivity index (χ3n) is 4.67. The van der Waals surface area contributed by atoms with Crippen molar-refractivity contribution in [2.24, 2.45) is 0 Å². The van der Waals surface area contributed by atoms with Gasteiger partial charge in [-0.15, -0.1) is 10.2 Å². The van der Waals surface area contributed by atoms with E-state index in [2.05, 4.69) is 20.5 Å². The van der Waals surface area contributed by atoms with E-state index < -0.39 is 17.2 Å². The number of anilines is 1. The maximum atomic E-state index is 13.2. The number of carbonyl (C=O) groups is 1. The Bertz CT molecular complexity index is 1390. The predicted octanol–water partition coefficient (Wildman–Crippen LogP) is 2.52. The summed E-state index contributed by atoms with van der Waals surface area (Å²) < 4.78 is 3.12. The molecular formula is C21H20N6O3S2. The molecule has 0 aliphatic carbocycles. The summed E-state index contributed by atoms with van der Waals surface area (Å²) in [5.74, 6) is 0.404. The summed E-state index contributed by atoms with van der Waals surface area (Å²) in [6.45, 7) is 3.76. The molecule has 0 fully saturated rings. The highest BCUT2D eigenvalue weighted by atomic mass is 32.2. The van der Waals surface area contributed by atoms with Gasteiger partial charge in [0.2, 0.25) is 11.0 Å². The highest BCUT2D eigenvalue weighted by Crippen LogP contribution is 2.24. The molecule has 4 rings (SSSR count). The molecule has 0 unspecified atom stereocenters. The van der Waals surface area contributed by atoms with Crippen molar-refractivity contribution in [3.05, 3.63) is 74.6 Å². The summed E-state index contributed by atoms with van der Waals surface area (Å²) in [5, 5.41) is 11.0. The second kappa shape index (κ2) is 9.45. The van der Waals surface area contributed by atoms with Crippen LogP contribution in [0.25, 0.3) is 11.0 Å². The molecular weight excluding hydrogens is 448 g/mol. The second-order valence-electron chi connectivity index (χ2n) is 6.97. The molecule has 11 heteroatoms. The number of nitrogens with zero attached hydrogens (tertiary/aromatic N) is 5. The van der Waals surface area contributed by atoms with E-state index in [1.807, 2.05) is 38.1 Å². The van der Waals surface area contributed by atoms with E-state index in [9.17, 15) is 14.4 Å². The number of aromatic nitrogens is 5. The predicted molar refractivity (Wildman–Crippen MR) is 125 cm³/mol. The van der Waals surface area contributed by atoms with E-state index in [0.717, 1.165) is 25.8 Å². The zero-order chi connectivity index (χ0) is 22.7. The molecule has 0 atom stereocenters. The molecule has 0 radical (unpaired) electrons. The molecule has 1 amide bonds. The molecule has 0 bridgehead atoms. The van der Waals surface area contributed by atoms with Gasteiger partial charge >= 0.3 is 5.69 Å². The fourth-order valence-electron chi connectivity index (χ4n) is 3.16. The Balaban J connectivity index is 1.69. The molecule has 164 valence electrons. The van der Waals surface area contributed by atoms with Crippen LogP contribution in [-0.4, -0.2) is 36.0 Å². The summed E-state index contributed by atoms with van der Waals surface area (Å²) in [7, 11) is 0. The lowest BCUT2D eigenvalue weighted by molar-refractivity contribution is -0.116. The number of amides is 1. The fraction of sp³-hybridized carbons (Fsp3) is 0.238. The first-order valence-electron chi connectivity index (χ1n) is 9.86. The minimum absolute atomic E-state index is 0.0834. The molecule has 0 spiro atoms. The third-order valence-corrected chi connectivity index (χ3v) is 6.52. The van der Waals surface area contributed by atoms with Gasteiger partial charge < -0.3 is 0 Å². The van der Waals surface area contributed by atoms with Crippen LogP contribution in [0.3, 0.4) is 0 Å². The first-order chi connectivity index (χ1) is 15.5. The van der Waals surface area contributed by atoms with Crippen LogP contribution in [0, 0.1) is 6.92 Å². The van der Waals surface area contributed by atoms with Crippen molar-refractivity contribution < 1.29 is 4.79 Å². The Labute approximate surface area is 191 Å². The van der Waals surface area contributed by atoms with Gasteiger partial charge in [0.15, 0.2) is 9.86 Å². The lowest BCUT2D eigenvalue weighted by atomic mass is 10.1. The lowest BCUT2D eigenvalue weighted by Gasteiger charge is -2.13. The molecule has 3 heterocycles. The summed E-state index contributed by atoms with van der Waals surface area (Å²) in [6.07, 6.45) is 1.49. The van der Waals surface area contributed by atoms with Gasteiger partial charge in [-0.1, -0.05) is 59.9 Å². The molecule has 0 saturated carbocycles. The number of pyridine rings is 1. The number of thioether (sulfide) groups is 1. The molecule has 0 aliphatic heterocycles. The third kappa shape index (κ3) is 4.63. The number of fused-ring (bicyclic) bond motifs is 1. The maximum Gasteiger partial charge on any atom is 0.332 e. The summed E-state index contributed by atoms with van der Waals surface area (Å²) in [4.78, 5) is 43.1. The van der Waals surface area contributed by atoms with E-state index >= 15 is 0 Å². The Kier molecular flexibility index (Phi) is 6.47. The van der Waals surface area contributed by atoms with E-state index in [0.29, 0.717) is 10.6 Å². The van der Waals surface area contributed by atoms with Gasteiger partial charge in [-0.2, -0.15) is 0 Å². The van der Waals surface area contributed by atoms with Crippen molar-refractivity contribution in [1.29, 1.82) is 0 Å². The minimum Gasteiger partial charge on any atom is -0.299 e. The minimum atomic E-state index is -0.578. The molecule has 4 aromatic rings. The molecule has 0 aliphatic rings. The summed E-state index contributed by atoms with van der Waals surface area (Å²) >= 11 is 2.80. The van der Waals surface area contributed by atoms with Crippen LogP contribution in [0.4, 0.5) is 5.13 Å². The fourth-order valence-corrected chi connectivity index (χ4v) is 4.82. The van der Waals surface area contributed by atoms with Gasteiger partial charge in [0.05, 0.1) is 12.1 Å². The number of rotatable bonds is 7. The topological polar surface area (TPSA) is 112 Å². The average Bonchev–Trinajstić information content (AvgIpc) is 3.22. The zero-order valence-electron chi connectivity index (χ0n) is 17.4. The zero-order valence-corrected chi connectivity index (χ0v) is 19.1. The van der Waals surface area contributed by atoms with Crippen molar-refractivity contribution >= 4 is 45.2 Å². The van der Waals surface area contributed by atoms with Crippen molar-refractivity contribution in [3.63, 3.8) is 0 Å². The normalized spacial score (nSPS) is 11.1. The Hall–Kier alpha value is -3.31. The maximum absolute atomic E-state index is 13.2. The van der Waals surface area contributed by atoms with Crippen LogP contribution < -0.4 is 16.6 Å². The van der Waals surface area contributed by atoms with Crippen LogP contribution in [0.2, 0.25) is 0 Å². The van der Waals surface area contributed by atoms with Crippen LogP contribution >= 0.6 is 23.1 Å². The second-order valence-corrected chi connectivity index (χ2v) is 9.46. The largest absolute Gasteiger partial charge is 0.332 e. The van der Waals surface area contributed by atoms with E-state index in [1.54, 1.807) is 12.1 Å². The van der Waals surface area contributed by atoms with Gasteiger partial charge in [0.1, 0.15) is 6.54 Å². The standard InChI is InChI=1S/C21H20N6O3S2/c1-3-31-20-25-24-19(32-20)23-16(28)12-26-15-5-4-10-22-17(15)18(29)27(21(26)30)11-14-8-6-13(2)7-9-14/h4-10H,3,11-12H2,1-2H3,(H,23,24,28). The average molecular weight is 469 g/mol. The van der Waals surface area contributed by atoms with Gasteiger partial charge in [-0.25, -0.2) is 9.78 Å². The Morgan fingerprint density at radius 2 is 1.91 bits per heavy atom. The van der Waals surface area contributed by atoms with Crippen LogP contribution in [0.1, 0.15) is 18.1 Å². The number of hydrogen-bond donors (Lipinski definition) is 1. The smallest absolute Gasteiger partial charge is 0.299 e. The number of carbonyl (C=O) groups excluding carboxylic acids is 1. The first kappa shape index (κ1) is 21.9. The first-order valence-corrected chi connectivity index (χ1v) is 11.7.